The molecule has 2 aromatic rings. The molecule has 1 saturated heterocycles. The number of thioether (sulfide) groups is 1. The van der Waals surface area contributed by atoms with E-state index in [1.807, 2.05) is 18.2 Å². The lowest BCUT2D eigenvalue weighted by atomic mass is 10.1. The van der Waals surface area contributed by atoms with Gasteiger partial charge in [-0.25, -0.2) is 4.98 Å². The smallest absolute Gasteiger partial charge is 0.262 e. The monoisotopic (exact) mass is 412 g/mol. The number of hydrogen-bond donors (Lipinski definition) is 0. The van der Waals surface area contributed by atoms with Crippen LogP contribution >= 0.6 is 27.7 Å². The van der Waals surface area contributed by atoms with Gasteiger partial charge in [-0.1, -0.05) is 27.7 Å². The summed E-state index contributed by atoms with van der Waals surface area (Å²) < 4.78 is 13.5. The maximum absolute atomic E-state index is 12.9. The van der Waals surface area contributed by atoms with Crippen molar-refractivity contribution in [1.82, 2.24) is 9.55 Å². The third-order valence-electron chi connectivity index (χ3n) is 4.07. The number of benzene rings is 1. The zero-order chi connectivity index (χ0) is 16.9. The van der Waals surface area contributed by atoms with Gasteiger partial charge in [-0.2, -0.15) is 0 Å². The molecule has 3 rings (SSSR count). The van der Waals surface area contributed by atoms with E-state index in [9.17, 15) is 4.79 Å². The van der Waals surface area contributed by atoms with E-state index in [-0.39, 0.29) is 11.7 Å². The summed E-state index contributed by atoms with van der Waals surface area (Å²) in [6, 6.07) is 5.61. The van der Waals surface area contributed by atoms with Gasteiger partial charge in [-0.05, 0) is 37.5 Å². The Morgan fingerprint density at radius 3 is 3.08 bits per heavy atom. The summed E-state index contributed by atoms with van der Waals surface area (Å²) >= 11 is 5.02. The Morgan fingerprint density at radius 2 is 2.33 bits per heavy atom. The molecule has 0 bridgehead atoms. The van der Waals surface area contributed by atoms with Crippen LogP contribution in [0.25, 0.3) is 10.9 Å². The van der Waals surface area contributed by atoms with Crippen LogP contribution in [0, 0.1) is 0 Å². The van der Waals surface area contributed by atoms with E-state index in [0.717, 1.165) is 40.3 Å². The fourth-order valence-corrected chi connectivity index (χ4v) is 4.22. The molecule has 0 unspecified atom stereocenters. The van der Waals surface area contributed by atoms with Gasteiger partial charge in [0.15, 0.2) is 5.16 Å². The molecule has 2 heterocycles. The van der Waals surface area contributed by atoms with E-state index in [4.69, 9.17) is 14.5 Å². The molecule has 0 aliphatic carbocycles. The predicted molar refractivity (Wildman–Crippen MR) is 99.9 cm³/mol. The van der Waals surface area contributed by atoms with Crippen molar-refractivity contribution in [3.63, 3.8) is 0 Å². The third kappa shape index (κ3) is 4.20. The van der Waals surface area contributed by atoms with Gasteiger partial charge < -0.3 is 9.47 Å². The molecule has 1 aromatic heterocycles. The van der Waals surface area contributed by atoms with Crippen LogP contribution in [0.2, 0.25) is 0 Å². The molecule has 1 atom stereocenters. The van der Waals surface area contributed by atoms with Gasteiger partial charge in [-0.3, -0.25) is 9.36 Å². The molecule has 0 saturated carbocycles. The van der Waals surface area contributed by atoms with E-state index in [2.05, 4.69) is 15.9 Å². The average Bonchev–Trinajstić information content (AvgIpc) is 2.61. The van der Waals surface area contributed by atoms with Gasteiger partial charge in [-0.15, -0.1) is 0 Å². The SMILES string of the molecule is COCCn1c(SC[C@H]2CCCCO2)nc2ccc(Br)cc2c1=O. The Labute approximate surface area is 153 Å². The number of aromatic nitrogens is 2. The zero-order valence-electron chi connectivity index (χ0n) is 13.7. The first-order valence-electron chi connectivity index (χ1n) is 8.12. The number of ether oxygens (including phenoxy) is 2. The number of halogens is 1. The Hall–Kier alpha value is -0.890. The first kappa shape index (κ1) is 17.9. The largest absolute Gasteiger partial charge is 0.383 e. The Balaban J connectivity index is 1.91. The fraction of sp³-hybridized carbons (Fsp3) is 0.529. The van der Waals surface area contributed by atoms with Crippen molar-refractivity contribution in [2.45, 2.75) is 37.1 Å². The van der Waals surface area contributed by atoms with Gasteiger partial charge >= 0.3 is 0 Å². The number of fused-ring (bicyclic) bond motifs is 1. The van der Waals surface area contributed by atoms with Crippen LogP contribution in [0.15, 0.2) is 32.6 Å². The molecule has 1 aromatic carbocycles. The second-order valence-corrected chi connectivity index (χ2v) is 7.71. The van der Waals surface area contributed by atoms with E-state index in [0.29, 0.717) is 18.5 Å². The van der Waals surface area contributed by atoms with E-state index < -0.39 is 0 Å². The highest BCUT2D eigenvalue weighted by Crippen LogP contribution is 2.24. The fourth-order valence-electron chi connectivity index (χ4n) is 2.77. The molecular formula is C17H21BrN2O3S. The molecule has 0 radical (unpaired) electrons. The van der Waals surface area contributed by atoms with Gasteiger partial charge in [0.05, 0.1) is 30.2 Å². The van der Waals surface area contributed by atoms with Crippen molar-refractivity contribution in [2.24, 2.45) is 0 Å². The molecule has 0 amide bonds. The van der Waals surface area contributed by atoms with Crippen molar-refractivity contribution >= 4 is 38.6 Å². The first-order chi connectivity index (χ1) is 11.7. The Kier molecular flexibility index (Phi) is 6.32. The highest BCUT2D eigenvalue weighted by Gasteiger charge is 2.17. The maximum Gasteiger partial charge on any atom is 0.262 e. The molecule has 1 fully saturated rings. The number of methoxy groups -OCH3 is 1. The topological polar surface area (TPSA) is 53.4 Å². The second-order valence-electron chi connectivity index (χ2n) is 5.81. The normalized spacial score (nSPS) is 18.2. The van der Waals surface area contributed by atoms with E-state index in [1.54, 1.807) is 23.4 Å². The minimum Gasteiger partial charge on any atom is -0.383 e. The quantitative estimate of drug-likeness (QED) is 0.536. The van der Waals surface area contributed by atoms with Gasteiger partial charge in [0, 0.05) is 23.9 Å². The highest BCUT2D eigenvalue weighted by molar-refractivity contribution is 9.10. The minimum atomic E-state index is -0.0228. The minimum absolute atomic E-state index is 0.0228. The number of nitrogens with zero attached hydrogens (tertiary/aromatic N) is 2. The van der Waals surface area contributed by atoms with Crippen LogP contribution in [-0.2, 0) is 16.0 Å². The van der Waals surface area contributed by atoms with Crippen LogP contribution in [0.1, 0.15) is 19.3 Å². The zero-order valence-corrected chi connectivity index (χ0v) is 16.1. The lowest BCUT2D eigenvalue weighted by Gasteiger charge is -2.22. The van der Waals surface area contributed by atoms with Gasteiger partial charge in [0.25, 0.3) is 5.56 Å². The lowest BCUT2D eigenvalue weighted by molar-refractivity contribution is 0.0315. The van der Waals surface area contributed by atoms with Crippen molar-refractivity contribution in [1.29, 1.82) is 0 Å². The van der Waals surface area contributed by atoms with Crippen LogP contribution < -0.4 is 5.56 Å². The van der Waals surface area contributed by atoms with Gasteiger partial charge in [0.1, 0.15) is 0 Å². The van der Waals surface area contributed by atoms with Crippen LogP contribution in [0.3, 0.4) is 0 Å². The molecule has 0 spiro atoms. The van der Waals surface area contributed by atoms with Crippen molar-refractivity contribution in [2.75, 3.05) is 26.1 Å². The summed E-state index contributed by atoms with van der Waals surface area (Å²) in [7, 11) is 1.64. The molecule has 1 aliphatic heterocycles. The van der Waals surface area contributed by atoms with E-state index in [1.165, 1.54) is 6.42 Å². The third-order valence-corrected chi connectivity index (χ3v) is 5.67. The Morgan fingerprint density at radius 1 is 1.46 bits per heavy atom. The lowest BCUT2D eigenvalue weighted by Crippen LogP contribution is -2.26. The average molecular weight is 413 g/mol. The highest BCUT2D eigenvalue weighted by atomic mass is 79.9. The van der Waals surface area contributed by atoms with Crippen molar-refractivity contribution in [3.05, 3.63) is 33.0 Å². The van der Waals surface area contributed by atoms with Crippen LogP contribution in [-0.4, -0.2) is 41.7 Å². The maximum atomic E-state index is 12.9. The summed E-state index contributed by atoms with van der Waals surface area (Å²) in [5.41, 5.74) is 0.703. The summed E-state index contributed by atoms with van der Waals surface area (Å²) in [5, 5.41) is 1.36. The van der Waals surface area contributed by atoms with Crippen molar-refractivity contribution < 1.29 is 9.47 Å². The number of hydrogen-bond acceptors (Lipinski definition) is 5. The van der Waals surface area contributed by atoms with Crippen molar-refractivity contribution in [3.8, 4) is 0 Å². The summed E-state index contributed by atoms with van der Waals surface area (Å²) in [4.78, 5) is 17.6. The Bertz CT molecular complexity index is 759. The number of rotatable bonds is 6. The molecule has 0 N–H and O–H groups in total. The standard InChI is InChI=1S/C17H21BrN2O3S/c1-22-9-7-20-16(21)14-10-12(18)5-6-15(14)19-17(20)24-11-13-4-2-3-8-23-13/h5-6,10,13H,2-4,7-9,11H2,1H3/t13-/m1/s1. The summed E-state index contributed by atoms with van der Waals surface area (Å²) in [6.45, 7) is 1.81. The molecule has 1 aliphatic rings. The summed E-state index contributed by atoms with van der Waals surface area (Å²) in [5.74, 6) is 0.821. The predicted octanol–water partition coefficient (Wildman–Crippen LogP) is 3.47. The molecular weight excluding hydrogens is 392 g/mol. The second kappa shape index (κ2) is 8.47. The molecule has 24 heavy (non-hydrogen) atoms. The van der Waals surface area contributed by atoms with E-state index >= 15 is 0 Å². The molecule has 7 heteroatoms. The first-order valence-corrected chi connectivity index (χ1v) is 9.90. The van der Waals surface area contributed by atoms with Crippen LogP contribution in [0.4, 0.5) is 0 Å². The summed E-state index contributed by atoms with van der Waals surface area (Å²) in [6.07, 6.45) is 3.68. The van der Waals surface area contributed by atoms with Crippen LogP contribution in [0.5, 0.6) is 0 Å². The molecule has 130 valence electrons. The molecule has 5 nitrogen and oxygen atoms in total. The van der Waals surface area contributed by atoms with Gasteiger partial charge in [0.2, 0.25) is 0 Å².